The molecule has 1 saturated heterocycles. The molecule has 1 aliphatic rings. The molecule has 5 nitrogen and oxygen atoms in total. The van der Waals surface area contributed by atoms with Crippen LogP contribution < -0.4 is 5.73 Å². The number of amides is 1. The van der Waals surface area contributed by atoms with Crippen LogP contribution in [-0.4, -0.2) is 49.4 Å². The highest BCUT2D eigenvalue weighted by Gasteiger charge is 2.33. The number of benzene rings is 1. The summed E-state index contributed by atoms with van der Waals surface area (Å²) in [6.07, 6.45) is 0.468. The molecular weight excluding hydrogens is 276 g/mol. The fourth-order valence-corrected chi connectivity index (χ4v) is 4.05. The fourth-order valence-electron chi connectivity index (χ4n) is 2.49. The van der Waals surface area contributed by atoms with E-state index in [0.717, 1.165) is 5.56 Å². The second-order valence-corrected chi connectivity index (χ2v) is 7.52. The molecule has 2 N–H and O–H groups in total. The van der Waals surface area contributed by atoms with Crippen LogP contribution in [0.1, 0.15) is 12.5 Å². The molecule has 0 spiro atoms. The first kappa shape index (κ1) is 15.0. The van der Waals surface area contributed by atoms with Crippen LogP contribution >= 0.6 is 0 Å². The topological polar surface area (TPSA) is 80.5 Å². The van der Waals surface area contributed by atoms with Crippen molar-refractivity contribution in [3.05, 3.63) is 35.9 Å². The van der Waals surface area contributed by atoms with Gasteiger partial charge in [-0.25, -0.2) is 8.42 Å². The fraction of sp³-hybridized carbons (Fsp3) is 0.500. The van der Waals surface area contributed by atoms with Crippen LogP contribution in [0.3, 0.4) is 0 Å². The van der Waals surface area contributed by atoms with Crippen LogP contribution in [0, 0.1) is 0 Å². The van der Waals surface area contributed by atoms with Crippen LogP contribution in [0.4, 0.5) is 0 Å². The van der Waals surface area contributed by atoms with Crippen molar-refractivity contribution in [2.24, 2.45) is 5.73 Å². The summed E-state index contributed by atoms with van der Waals surface area (Å²) in [5.74, 6) is -0.117. The molecule has 1 aromatic carbocycles. The van der Waals surface area contributed by atoms with Gasteiger partial charge in [0.25, 0.3) is 0 Å². The van der Waals surface area contributed by atoms with Gasteiger partial charge in [-0.15, -0.1) is 0 Å². The monoisotopic (exact) mass is 296 g/mol. The molecule has 1 aliphatic heterocycles. The van der Waals surface area contributed by atoms with E-state index in [9.17, 15) is 13.2 Å². The number of hydrogen-bond acceptors (Lipinski definition) is 4. The highest BCUT2D eigenvalue weighted by molar-refractivity contribution is 7.91. The zero-order chi connectivity index (χ0) is 14.8. The zero-order valence-corrected chi connectivity index (χ0v) is 12.3. The summed E-state index contributed by atoms with van der Waals surface area (Å²) in [5, 5.41) is 0. The van der Waals surface area contributed by atoms with Gasteiger partial charge in [0.1, 0.15) is 0 Å². The van der Waals surface area contributed by atoms with E-state index in [-0.39, 0.29) is 30.0 Å². The lowest BCUT2D eigenvalue weighted by Crippen LogP contribution is -2.55. The Kier molecular flexibility index (Phi) is 4.45. The van der Waals surface area contributed by atoms with E-state index in [1.165, 1.54) is 0 Å². The smallest absolute Gasteiger partial charge is 0.240 e. The Bertz CT molecular complexity index is 571. The molecule has 1 fully saturated rings. The van der Waals surface area contributed by atoms with Crippen molar-refractivity contribution in [1.82, 2.24) is 4.90 Å². The normalized spacial score (nSPS) is 23.3. The number of nitrogens with two attached hydrogens (primary N) is 1. The second-order valence-electron chi connectivity index (χ2n) is 5.29. The number of nitrogens with zero attached hydrogens (tertiary/aromatic N) is 1. The van der Waals surface area contributed by atoms with Gasteiger partial charge in [0, 0.05) is 12.6 Å². The molecule has 6 heteroatoms. The standard InChI is InChI=1S/C14H20N2O3S/c1-11-10-20(18,19)8-7-16(11)14(17)13(15)9-12-5-3-2-4-6-12/h2-6,11,13H,7-10,15H2,1H3/t11?,13-/m1/s1. The van der Waals surface area contributed by atoms with E-state index >= 15 is 0 Å². The van der Waals surface area contributed by atoms with Crippen LogP contribution in [-0.2, 0) is 21.1 Å². The van der Waals surface area contributed by atoms with Crippen LogP contribution in [0.2, 0.25) is 0 Å². The third kappa shape index (κ3) is 3.58. The van der Waals surface area contributed by atoms with Crippen molar-refractivity contribution in [1.29, 1.82) is 0 Å². The maximum atomic E-state index is 12.3. The molecule has 1 aromatic rings. The Hall–Kier alpha value is -1.40. The largest absolute Gasteiger partial charge is 0.337 e. The molecule has 20 heavy (non-hydrogen) atoms. The number of rotatable bonds is 3. The molecule has 0 saturated carbocycles. The molecule has 2 atom stereocenters. The first-order valence-corrected chi connectivity index (χ1v) is 8.51. The van der Waals surface area contributed by atoms with Gasteiger partial charge in [-0.2, -0.15) is 0 Å². The third-order valence-electron chi connectivity index (χ3n) is 3.57. The third-order valence-corrected chi connectivity index (χ3v) is 5.36. The molecule has 0 bridgehead atoms. The maximum absolute atomic E-state index is 12.3. The Morgan fingerprint density at radius 1 is 1.40 bits per heavy atom. The number of hydrogen-bond donors (Lipinski definition) is 1. The Balaban J connectivity index is 2.00. The maximum Gasteiger partial charge on any atom is 0.240 e. The summed E-state index contributed by atoms with van der Waals surface area (Å²) in [7, 11) is -3.02. The van der Waals surface area contributed by atoms with Gasteiger partial charge in [0.05, 0.1) is 17.5 Å². The Morgan fingerprint density at radius 2 is 2.05 bits per heavy atom. The van der Waals surface area contributed by atoms with E-state index in [2.05, 4.69) is 0 Å². The summed E-state index contributed by atoms with van der Waals surface area (Å²) in [5.41, 5.74) is 6.97. The summed E-state index contributed by atoms with van der Waals surface area (Å²) in [6, 6.07) is 8.65. The lowest BCUT2D eigenvalue weighted by molar-refractivity contribution is -0.134. The Morgan fingerprint density at radius 3 is 2.65 bits per heavy atom. The molecule has 1 heterocycles. The van der Waals surface area contributed by atoms with Gasteiger partial charge >= 0.3 is 0 Å². The van der Waals surface area contributed by atoms with Gasteiger partial charge in [-0.05, 0) is 18.9 Å². The van der Waals surface area contributed by atoms with E-state index in [1.807, 2.05) is 30.3 Å². The highest BCUT2D eigenvalue weighted by Crippen LogP contribution is 2.13. The van der Waals surface area contributed by atoms with E-state index in [0.29, 0.717) is 6.42 Å². The number of carbonyl (C=O) groups excluding carboxylic acids is 1. The van der Waals surface area contributed by atoms with Crippen molar-refractivity contribution in [3.8, 4) is 0 Å². The predicted octanol–water partition coefficient (Wildman–Crippen LogP) is 0.202. The van der Waals surface area contributed by atoms with Crippen molar-refractivity contribution in [2.75, 3.05) is 18.1 Å². The molecule has 0 radical (unpaired) electrons. The summed E-state index contributed by atoms with van der Waals surface area (Å²) >= 11 is 0. The number of sulfone groups is 1. The second kappa shape index (κ2) is 5.93. The van der Waals surface area contributed by atoms with Gasteiger partial charge in [-0.3, -0.25) is 4.79 Å². The molecule has 2 rings (SSSR count). The van der Waals surface area contributed by atoms with E-state index in [1.54, 1.807) is 11.8 Å². The van der Waals surface area contributed by atoms with Gasteiger partial charge in [0.15, 0.2) is 9.84 Å². The van der Waals surface area contributed by atoms with Crippen LogP contribution in [0.25, 0.3) is 0 Å². The minimum Gasteiger partial charge on any atom is -0.337 e. The van der Waals surface area contributed by atoms with Crippen molar-refractivity contribution >= 4 is 15.7 Å². The number of carbonyl (C=O) groups is 1. The van der Waals surface area contributed by atoms with E-state index < -0.39 is 15.9 Å². The molecule has 1 amide bonds. The first-order chi connectivity index (χ1) is 9.39. The molecule has 0 aromatic heterocycles. The molecular formula is C14H20N2O3S. The van der Waals surface area contributed by atoms with Crippen LogP contribution in [0.15, 0.2) is 30.3 Å². The predicted molar refractivity (Wildman–Crippen MR) is 78.0 cm³/mol. The highest BCUT2D eigenvalue weighted by atomic mass is 32.2. The minimum absolute atomic E-state index is 0.0246. The molecule has 1 unspecified atom stereocenters. The van der Waals surface area contributed by atoms with Crippen LogP contribution in [0.5, 0.6) is 0 Å². The van der Waals surface area contributed by atoms with Gasteiger partial charge in [-0.1, -0.05) is 30.3 Å². The van der Waals surface area contributed by atoms with Gasteiger partial charge < -0.3 is 10.6 Å². The quantitative estimate of drug-likeness (QED) is 0.864. The van der Waals surface area contributed by atoms with Crippen molar-refractivity contribution in [2.45, 2.75) is 25.4 Å². The lowest BCUT2D eigenvalue weighted by atomic mass is 10.1. The van der Waals surface area contributed by atoms with Gasteiger partial charge in [0.2, 0.25) is 5.91 Å². The minimum atomic E-state index is -3.02. The average Bonchev–Trinajstić information content (AvgIpc) is 2.38. The average molecular weight is 296 g/mol. The first-order valence-electron chi connectivity index (χ1n) is 6.69. The summed E-state index contributed by atoms with van der Waals surface area (Å²) in [6.45, 7) is 1.99. The van der Waals surface area contributed by atoms with E-state index in [4.69, 9.17) is 5.73 Å². The van der Waals surface area contributed by atoms with Crippen molar-refractivity contribution < 1.29 is 13.2 Å². The SMILES string of the molecule is CC1CS(=O)(=O)CCN1C(=O)[C@H](N)Cc1ccccc1. The van der Waals surface area contributed by atoms with Crippen molar-refractivity contribution in [3.63, 3.8) is 0 Å². The summed E-state index contributed by atoms with van der Waals surface area (Å²) < 4.78 is 23.0. The molecule has 110 valence electrons. The summed E-state index contributed by atoms with van der Waals surface area (Å²) in [4.78, 5) is 13.9. The molecule has 0 aliphatic carbocycles. The Labute approximate surface area is 119 Å². The zero-order valence-electron chi connectivity index (χ0n) is 11.5. The lowest BCUT2D eigenvalue weighted by Gasteiger charge is -2.34.